The molecule has 3 N–H and O–H groups in total. The van der Waals surface area contributed by atoms with Crippen LogP contribution in [0.2, 0.25) is 0 Å². The zero-order valence-electron chi connectivity index (χ0n) is 14.5. The lowest BCUT2D eigenvalue weighted by atomic mass is 10.2. The summed E-state index contributed by atoms with van der Waals surface area (Å²) in [6, 6.07) is 14.4. The number of ether oxygens (including phenoxy) is 2. The standard InChI is InChI=1S/C18H18BrN3O4S/c1-12-4-2-3-5-15(12)26-10-16(23)20-18(27)22-21-17(24)11-25-14-8-6-13(19)7-9-14/h2-9H,10-11H2,1H3,(H,21,24)(H2,20,22,23,27). The van der Waals surface area contributed by atoms with Crippen molar-refractivity contribution in [3.05, 3.63) is 58.6 Å². The second-order valence-electron chi connectivity index (χ2n) is 5.35. The van der Waals surface area contributed by atoms with Gasteiger partial charge in [0.2, 0.25) is 0 Å². The molecule has 0 aliphatic carbocycles. The zero-order chi connectivity index (χ0) is 19.6. The van der Waals surface area contributed by atoms with Crippen LogP contribution in [0.25, 0.3) is 0 Å². The molecule has 2 aromatic carbocycles. The number of thiocarbonyl (C=S) groups is 1. The van der Waals surface area contributed by atoms with Crippen molar-refractivity contribution in [2.75, 3.05) is 13.2 Å². The van der Waals surface area contributed by atoms with E-state index < -0.39 is 11.8 Å². The summed E-state index contributed by atoms with van der Waals surface area (Å²) < 4.78 is 11.6. The number of benzene rings is 2. The fourth-order valence-electron chi connectivity index (χ4n) is 1.90. The van der Waals surface area contributed by atoms with Crippen LogP contribution in [0.4, 0.5) is 0 Å². The first-order valence-corrected chi connectivity index (χ1v) is 9.09. The van der Waals surface area contributed by atoms with Gasteiger partial charge in [0.05, 0.1) is 0 Å². The first-order valence-electron chi connectivity index (χ1n) is 7.89. The van der Waals surface area contributed by atoms with Crippen LogP contribution >= 0.6 is 28.1 Å². The molecule has 0 heterocycles. The number of carbonyl (C=O) groups is 2. The number of hydrogen-bond donors (Lipinski definition) is 3. The Kier molecular flexibility index (Phi) is 8.02. The molecule has 142 valence electrons. The molecule has 0 radical (unpaired) electrons. The van der Waals surface area contributed by atoms with Crippen LogP contribution in [-0.4, -0.2) is 30.1 Å². The molecule has 2 amide bonds. The minimum atomic E-state index is -0.453. The minimum Gasteiger partial charge on any atom is -0.484 e. The van der Waals surface area contributed by atoms with E-state index in [1.165, 1.54) is 0 Å². The quantitative estimate of drug-likeness (QED) is 0.460. The highest BCUT2D eigenvalue weighted by Crippen LogP contribution is 2.16. The van der Waals surface area contributed by atoms with E-state index in [2.05, 4.69) is 32.1 Å². The number of nitrogens with one attached hydrogen (secondary N) is 3. The van der Waals surface area contributed by atoms with Gasteiger partial charge in [0.1, 0.15) is 11.5 Å². The summed E-state index contributed by atoms with van der Waals surface area (Å²) in [6.07, 6.45) is 0. The number of aryl methyl sites for hydroxylation is 1. The Morgan fingerprint density at radius 3 is 2.33 bits per heavy atom. The molecule has 9 heteroatoms. The van der Waals surface area contributed by atoms with Gasteiger partial charge in [0.15, 0.2) is 18.3 Å². The van der Waals surface area contributed by atoms with Gasteiger partial charge >= 0.3 is 0 Å². The number of para-hydroxylation sites is 1. The van der Waals surface area contributed by atoms with Crippen molar-refractivity contribution in [2.45, 2.75) is 6.92 Å². The van der Waals surface area contributed by atoms with Gasteiger partial charge < -0.3 is 9.47 Å². The number of hydrogen-bond acceptors (Lipinski definition) is 5. The van der Waals surface area contributed by atoms with Crippen LogP contribution in [0.5, 0.6) is 11.5 Å². The van der Waals surface area contributed by atoms with Gasteiger partial charge in [-0.15, -0.1) is 0 Å². The predicted octanol–water partition coefficient (Wildman–Crippen LogP) is 2.24. The van der Waals surface area contributed by atoms with Crippen LogP contribution in [0.3, 0.4) is 0 Å². The smallest absolute Gasteiger partial charge is 0.276 e. The Morgan fingerprint density at radius 1 is 0.963 bits per heavy atom. The Balaban J connectivity index is 1.64. The molecular weight excluding hydrogens is 434 g/mol. The number of amides is 2. The largest absolute Gasteiger partial charge is 0.484 e. The predicted molar refractivity (Wildman–Crippen MR) is 108 cm³/mol. The normalized spacial score (nSPS) is 9.85. The second-order valence-corrected chi connectivity index (χ2v) is 6.67. The lowest BCUT2D eigenvalue weighted by molar-refractivity contribution is -0.124. The van der Waals surface area contributed by atoms with Crippen molar-refractivity contribution in [1.82, 2.24) is 16.2 Å². The molecule has 0 aliphatic heterocycles. The fourth-order valence-corrected chi connectivity index (χ4v) is 2.33. The number of rotatable bonds is 6. The molecule has 0 saturated carbocycles. The average Bonchev–Trinajstić information content (AvgIpc) is 2.65. The zero-order valence-corrected chi connectivity index (χ0v) is 16.9. The molecule has 7 nitrogen and oxygen atoms in total. The third kappa shape index (κ3) is 7.63. The molecule has 0 spiro atoms. The summed E-state index contributed by atoms with van der Waals surface area (Å²) in [5.41, 5.74) is 5.68. The Bertz CT molecular complexity index is 815. The van der Waals surface area contributed by atoms with Crippen molar-refractivity contribution in [1.29, 1.82) is 0 Å². The molecule has 0 saturated heterocycles. The van der Waals surface area contributed by atoms with Crippen molar-refractivity contribution in [3.8, 4) is 11.5 Å². The highest BCUT2D eigenvalue weighted by molar-refractivity contribution is 9.10. The van der Waals surface area contributed by atoms with Crippen LogP contribution < -0.4 is 25.6 Å². The van der Waals surface area contributed by atoms with Gasteiger partial charge in [-0.05, 0) is 55.0 Å². The van der Waals surface area contributed by atoms with Crippen molar-refractivity contribution >= 4 is 45.1 Å². The first kappa shape index (κ1) is 20.7. The van der Waals surface area contributed by atoms with Gasteiger partial charge in [-0.2, -0.15) is 0 Å². The van der Waals surface area contributed by atoms with Gasteiger partial charge in [0, 0.05) is 4.47 Å². The van der Waals surface area contributed by atoms with Crippen LogP contribution in [0, 0.1) is 6.92 Å². The van der Waals surface area contributed by atoms with E-state index in [0.717, 1.165) is 10.0 Å². The third-order valence-electron chi connectivity index (χ3n) is 3.20. The summed E-state index contributed by atoms with van der Waals surface area (Å²) in [5.74, 6) is 0.268. The summed E-state index contributed by atoms with van der Waals surface area (Å²) in [7, 11) is 0. The Hall–Kier alpha value is -2.65. The van der Waals surface area contributed by atoms with E-state index in [-0.39, 0.29) is 18.3 Å². The van der Waals surface area contributed by atoms with Crippen molar-refractivity contribution in [3.63, 3.8) is 0 Å². The maximum Gasteiger partial charge on any atom is 0.276 e. The van der Waals surface area contributed by atoms with Gasteiger partial charge in [-0.25, -0.2) is 0 Å². The molecule has 0 aliphatic rings. The van der Waals surface area contributed by atoms with E-state index in [4.69, 9.17) is 21.7 Å². The Labute approximate surface area is 170 Å². The van der Waals surface area contributed by atoms with Gasteiger partial charge in [0.25, 0.3) is 11.8 Å². The maximum absolute atomic E-state index is 11.8. The highest BCUT2D eigenvalue weighted by Gasteiger charge is 2.08. The molecule has 27 heavy (non-hydrogen) atoms. The van der Waals surface area contributed by atoms with E-state index in [9.17, 15) is 9.59 Å². The Morgan fingerprint density at radius 2 is 1.63 bits per heavy atom. The number of hydrazine groups is 1. The first-order chi connectivity index (χ1) is 12.9. The SMILES string of the molecule is Cc1ccccc1OCC(=O)NC(=S)NNC(=O)COc1ccc(Br)cc1. The summed E-state index contributed by atoms with van der Waals surface area (Å²) in [6.45, 7) is 1.47. The second kappa shape index (κ2) is 10.5. The van der Waals surface area contributed by atoms with Crippen molar-refractivity contribution in [2.24, 2.45) is 0 Å². The van der Waals surface area contributed by atoms with Crippen LogP contribution in [0.15, 0.2) is 53.0 Å². The summed E-state index contributed by atoms with van der Waals surface area (Å²) >= 11 is 8.25. The minimum absolute atomic E-state index is 0.0506. The van der Waals surface area contributed by atoms with E-state index in [1.54, 1.807) is 30.3 Å². The molecule has 2 rings (SSSR count). The van der Waals surface area contributed by atoms with E-state index in [1.807, 2.05) is 25.1 Å². The number of carbonyl (C=O) groups excluding carboxylic acids is 2. The summed E-state index contributed by atoms with van der Waals surface area (Å²) in [5, 5.41) is 2.35. The van der Waals surface area contributed by atoms with Gasteiger partial charge in [-0.1, -0.05) is 34.1 Å². The van der Waals surface area contributed by atoms with Gasteiger partial charge in [-0.3, -0.25) is 25.8 Å². The van der Waals surface area contributed by atoms with Crippen LogP contribution in [0.1, 0.15) is 5.56 Å². The molecule has 0 unspecified atom stereocenters. The van der Waals surface area contributed by atoms with E-state index in [0.29, 0.717) is 11.5 Å². The van der Waals surface area contributed by atoms with Crippen LogP contribution in [-0.2, 0) is 9.59 Å². The molecule has 2 aromatic rings. The molecule has 0 bridgehead atoms. The van der Waals surface area contributed by atoms with E-state index >= 15 is 0 Å². The fraction of sp³-hybridized carbons (Fsp3) is 0.167. The number of halogens is 1. The average molecular weight is 452 g/mol. The monoisotopic (exact) mass is 451 g/mol. The molecule has 0 fully saturated rings. The lowest BCUT2D eigenvalue weighted by Gasteiger charge is -2.12. The lowest BCUT2D eigenvalue weighted by Crippen LogP contribution is -2.50. The topological polar surface area (TPSA) is 88.7 Å². The van der Waals surface area contributed by atoms with Crippen molar-refractivity contribution < 1.29 is 19.1 Å². The maximum atomic E-state index is 11.8. The molecule has 0 aromatic heterocycles. The molecular formula is C18H18BrN3O4S. The highest BCUT2D eigenvalue weighted by atomic mass is 79.9. The molecule has 0 atom stereocenters. The summed E-state index contributed by atoms with van der Waals surface area (Å²) in [4.78, 5) is 23.5. The third-order valence-corrected chi connectivity index (χ3v) is 3.94.